The summed E-state index contributed by atoms with van der Waals surface area (Å²) in [6.45, 7) is 7.28. The van der Waals surface area contributed by atoms with Crippen LogP contribution in [0.4, 0.5) is 0 Å². The van der Waals surface area contributed by atoms with Crippen LogP contribution in [0.5, 0.6) is 0 Å². The molecule has 4 nitrogen and oxygen atoms in total. The number of hydrogen-bond donors (Lipinski definition) is 1. The van der Waals surface area contributed by atoms with Gasteiger partial charge in [0.25, 0.3) is 0 Å². The SMILES string of the molecule is CC1(C(=O)N2CCN3CCCC3C2)CCCCN1.Cl.Cl. The predicted octanol–water partition coefficient (Wildman–Crippen LogP) is 1.67. The standard InChI is InChI=1S/C14H25N3O.2ClH/c1-14(6-2-3-7-15-14)13(18)17-10-9-16-8-4-5-12(16)11-17;;/h12,15H,2-11H2,1H3;2*1H. The van der Waals surface area contributed by atoms with Crippen molar-refractivity contribution in [3.8, 4) is 0 Å². The predicted molar refractivity (Wildman–Crippen MR) is 85.9 cm³/mol. The van der Waals surface area contributed by atoms with Crippen molar-refractivity contribution in [1.82, 2.24) is 15.1 Å². The minimum absolute atomic E-state index is 0. The molecule has 6 heteroatoms. The van der Waals surface area contributed by atoms with Crippen molar-refractivity contribution in [3.63, 3.8) is 0 Å². The molecule has 0 bridgehead atoms. The Morgan fingerprint density at radius 2 is 1.95 bits per heavy atom. The highest BCUT2D eigenvalue weighted by molar-refractivity contribution is 5.86. The van der Waals surface area contributed by atoms with Gasteiger partial charge in [-0.25, -0.2) is 0 Å². The van der Waals surface area contributed by atoms with Crippen LogP contribution in [0, 0.1) is 0 Å². The zero-order valence-corrected chi connectivity index (χ0v) is 13.9. The van der Waals surface area contributed by atoms with E-state index in [0.29, 0.717) is 11.9 Å². The number of carbonyl (C=O) groups excluding carboxylic acids is 1. The largest absolute Gasteiger partial charge is 0.338 e. The number of halogens is 2. The van der Waals surface area contributed by atoms with Gasteiger partial charge in [-0.3, -0.25) is 9.69 Å². The van der Waals surface area contributed by atoms with Crippen LogP contribution in [-0.2, 0) is 4.79 Å². The monoisotopic (exact) mass is 323 g/mol. The van der Waals surface area contributed by atoms with Gasteiger partial charge in [0.1, 0.15) is 0 Å². The van der Waals surface area contributed by atoms with E-state index in [9.17, 15) is 4.79 Å². The van der Waals surface area contributed by atoms with Crippen LogP contribution in [0.25, 0.3) is 0 Å². The summed E-state index contributed by atoms with van der Waals surface area (Å²) in [7, 11) is 0. The molecule has 0 aromatic carbocycles. The topological polar surface area (TPSA) is 35.6 Å². The number of carbonyl (C=O) groups is 1. The van der Waals surface area contributed by atoms with Gasteiger partial charge in [-0.1, -0.05) is 0 Å². The Labute approximate surface area is 134 Å². The maximum absolute atomic E-state index is 12.7. The molecule has 3 saturated heterocycles. The second-order valence-corrected chi connectivity index (χ2v) is 6.30. The molecule has 0 aromatic rings. The van der Waals surface area contributed by atoms with Crippen molar-refractivity contribution in [2.45, 2.75) is 50.6 Å². The van der Waals surface area contributed by atoms with Gasteiger partial charge in [-0.2, -0.15) is 0 Å². The minimum atomic E-state index is -0.293. The highest BCUT2D eigenvalue weighted by Crippen LogP contribution is 2.26. The van der Waals surface area contributed by atoms with Crippen LogP contribution in [0.1, 0.15) is 39.0 Å². The van der Waals surface area contributed by atoms with E-state index in [1.54, 1.807) is 0 Å². The number of piperidine rings is 1. The first-order chi connectivity index (χ1) is 8.69. The summed E-state index contributed by atoms with van der Waals surface area (Å²) in [5.74, 6) is 0.341. The lowest BCUT2D eigenvalue weighted by atomic mass is 9.89. The van der Waals surface area contributed by atoms with Crippen molar-refractivity contribution in [2.75, 3.05) is 32.7 Å². The van der Waals surface area contributed by atoms with Crippen LogP contribution in [0.3, 0.4) is 0 Å². The summed E-state index contributed by atoms with van der Waals surface area (Å²) in [4.78, 5) is 17.4. The van der Waals surface area contributed by atoms with Gasteiger partial charge in [0.15, 0.2) is 0 Å². The lowest BCUT2D eigenvalue weighted by Gasteiger charge is -2.43. The normalized spacial score (nSPS) is 33.9. The highest BCUT2D eigenvalue weighted by Gasteiger charge is 2.40. The van der Waals surface area contributed by atoms with E-state index >= 15 is 0 Å². The second-order valence-electron chi connectivity index (χ2n) is 6.30. The Morgan fingerprint density at radius 3 is 2.65 bits per heavy atom. The number of fused-ring (bicyclic) bond motifs is 1. The van der Waals surface area contributed by atoms with Gasteiger partial charge in [0, 0.05) is 25.7 Å². The van der Waals surface area contributed by atoms with E-state index in [-0.39, 0.29) is 30.4 Å². The molecule has 0 aromatic heterocycles. The number of rotatable bonds is 1. The van der Waals surface area contributed by atoms with Crippen LogP contribution >= 0.6 is 24.8 Å². The van der Waals surface area contributed by atoms with E-state index in [1.807, 2.05) is 0 Å². The maximum atomic E-state index is 12.7. The molecule has 3 heterocycles. The number of nitrogens with one attached hydrogen (secondary N) is 1. The summed E-state index contributed by atoms with van der Waals surface area (Å²) >= 11 is 0. The molecule has 20 heavy (non-hydrogen) atoms. The first kappa shape index (κ1) is 18.0. The number of amides is 1. The minimum Gasteiger partial charge on any atom is -0.338 e. The third kappa shape index (κ3) is 3.41. The number of piperazine rings is 1. The van der Waals surface area contributed by atoms with Crippen molar-refractivity contribution in [2.24, 2.45) is 0 Å². The van der Waals surface area contributed by atoms with Gasteiger partial charge in [0.05, 0.1) is 5.54 Å². The molecule has 2 atom stereocenters. The Kier molecular flexibility index (Phi) is 6.58. The summed E-state index contributed by atoms with van der Waals surface area (Å²) in [6.07, 6.45) is 5.96. The smallest absolute Gasteiger partial charge is 0.242 e. The van der Waals surface area contributed by atoms with Gasteiger partial charge < -0.3 is 10.2 Å². The second kappa shape index (κ2) is 7.30. The van der Waals surface area contributed by atoms with E-state index in [4.69, 9.17) is 0 Å². The average Bonchev–Trinajstić information content (AvgIpc) is 2.86. The average molecular weight is 324 g/mol. The molecule has 3 aliphatic rings. The fourth-order valence-corrected chi connectivity index (χ4v) is 3.76. The maximum Gasteiger partial charge on any atom is 0.242 e. The summed E-state index contributed by atoms with van der Waals surface area (Å²) in [6, 6.07) is 0.634. The highest BCUT2D eigenvalue weighted by atomic mass is 35.5. The van der Waals surface area contributed by atoms with E-state index in [2.05, 4.69) is 22.0 Å². The first-order valence-electron chi connectivity index (χ1n) is 7.47. The van der Waals surface area contributed by atoms with E-state index in [1.165, 1.54) is 32.2 Å². The lowest BCUT2D eigenvalue weighted by Crippen LogP contribution is -2.62. The van der Waals surface area contributed by atoms with Gasteiger partial charge >= 0.3 is 0 Å². The van der Waals surface area contributed by atoms with E-state index < -0.39 is 0 Å². The number of nitrogens with zero attached hydrogens (tertiary/aromatic N) is 2. The fraction of sp³-hybridized carbons (Fsp3) is 0.929. The van der Waals surface area contributed by atoms with Crippen molar-refractivity contribution in [1.29, 1.82) is 0 Å². The first-order valence-corrected chi connectivity index (χ1v) is 7.47. The van der Waals surface area contributed by atoms with Gasteiger partial charge in [-0.05, 0) is 52.1 Å². The molecule has 0 aliphatic carbocycles. The Morgan fingerprint density at radius 1 is 1.15 bits per heavy atom. The summed E-state index contributed by atoms with van der Waals surface area (Å²) in [5, 5.41) is 3.45. The Bertz CT molecular complexity index is 334. The van der Waals surface area contributed by atoms with Crippen molar-refractivity contribution < 1.29 is 4.79 Å². The molecule has 118 valence electrons. The molecule has 3 aliphatic heterocycles. The summed E-state index contributed by atoms with van der Waals surface area (Å²) < 4.78 is 0. The van der Waals surface area contributed by atoms with Crippen molar-refractivity contribution >= 4 is 30.7 Å². The van der Waals surface area contributed by atoms with Gasteiger partial charge in [0.2, 0.25) is 5.91 Å². The molecule has 0 spiro atoms. The molecular formula is C14H27Cl2N3O. The molecule has 3 fully saturated rings. The quantitative estimate of drug-likeness (QED) is 0.797. The summed E-state index contributed by atoms with van der Waals surface area (Å²) in [5.41, 5.74) is -0.293. The third-order valence-electron chi connectivity index (χ3n) is 4.97. The molecule has 2 unspecified atom stereocenters. The lowest BCUT2D eigenvalue weighted by molar-refractivity contribution is -0.141. The zero-order valence-electron chi connectivity index (χ0n) is 12.3. The van der Waals surface area contributed by atoms with Crippen LogP contribution in [-0.4, -0.2) is 60.0 Å². The molecule has 3 rings (SSSR count). The molecule has 1 amide bonds. The van der Waals surface area contributed by atoms with Crippen LogP contribution < -0.4 is 5.32 Å². The zero-order chi connectivity index (χ0) is 12.6. The van der Waals surface area contributed by atoms with Crippen LogP contribution in [0.2, 0.25) is 0 Å². The molecular weight excluding hydrogens is 297 g/mol. The van der Waals surface area contributed by atoms with Gasteiger partial charge in [-0.15, -0.1) is 24.8 Å². The fourth-order valence-electron chi connectivity index (χ4n) is 3.76. The Balaban J connectivity index is 0.000001000. The number of hydrogen-bond acceptors (Lipinski definition) is 3. The Hall–Kier alpha value is -0.0300. The van der Waals surface area contributed by atoms with Crippen molar-refractivity contribution in [3.05, 3.63) is 0 Å². The molecule has 0 radical (unpaired) electrons. The third-order valence-corrected chi connectivity index (χ3v) is 4.97. The molecule has 1 N–H and O–H groups in total. The van der Waals surface area contributed by atoms with Crippen LogP contribution in [0.15, 0.2) is 0 Å². The van der Waals surface area contributed by atoms with E-state index in [0.717, 1.165) is 32.6 Å². The molecule has 0 saturated carbocycles.